The number of hydrogen-bond acceptors (Lipinski definition) is 1. The van der Waals surface area contributed by atoms with Gasteiger partial charge in [-0.2, -0.15) is 0 Å². The van der Waals surface area contributed by atoms with Crippen molar-refractivity contribution < 1.29 is 9.13 Å². The van der Waals surface area contributed by atoms with Crippen LogP contribution in [0.3, 0.4) is 0 Å². The Morgan fingerprint density at radius 1 is 1.31 bits per heavy atom. The van der Waals surface area contributed by atoms with Gasteiger partial charge in [-0.1, -0.05) is 20.3 Å². The molecule has 3 atom stereocenters. The van der Waals surface area contributed by atoms with Crippen LogP contribution in [0.4, 0.5) is 4.39 Å². The Kier molecular flexibility index (Phi) is 3.74. The fourth-order valence-corrected chi connectivity index (χ4v) is 3.28. The quantitative estimate of drug-likeness (QED) is 0.693. The summed E-state index contributed by atoms with van der Waals surface area (Å²) in [5.74, 6) is 0.157. The lowest BCUT2D eigenvalue weighted by atomic mass is 9.88. The van der Waals surface area contributed by atoms with E-state index < -0.39 is 5.67 Å². The molecule has 16 heavy (non-hydrogen) atoms. The van der Waals surface area contributed by atoms with Crippen LogP contribution in [0.5, 0.6) is 0 Å². The van der Waals surface area contributed by atoms with Crippen molar-refractivity contribution in [1.82, 2.24) is 0 Å². The first kappa shape index (κ1) is 14.0. The second kappa shape index (κ2) is 4.29. The van der Waals surface area contributed by atoms with Crippen LogP contribution in [0.2, 0.25) is 0 Å². The first-order valence-corrected chi connectivity index (χ1v) is 6.53. The predicted molar refractivity (Wildman–Crippen MR) is 66.4 cm³/mol. The molecule has 1 aliphatic carbocycles. The van der Waals surface area contributed by atoms with Crippen LogP contribution in [0.15, 0.2) is 0 Å². The van der Waals surface area contributed by atoms with Gasteiger partial charge in [0.05, 0.1) is 11.2 Å². The fourth-order valence-electron chi connectivity index (χ4n) is 3.28. The molecule has 0 aromatic carbocycles. The van der Waals surface area contributed by atoms with Crippen molar-refractivity contribution >= 4 is 0 Å². The van der Waals surface area contributed by atoms with Crippen LogP contribution < -0.4 is 0 Å². The zero-order chi connectivity index (χ0) is 12.6. The number of ether oxygens (including phenoxy) is 1. The Morgan fingerprint density at radius 3 is 2.19 bits per heavy atom. The first-order valence-electron chi connectivity index (χ1n) is 6.53. The highest BCUT2D eigenvalue weighted by Gasteiger charge is 2.53. The number of hydrogen-bond donors (Lipinski definition) is 0. The predicted octanol–water partition coefficient (Wildman–Crippen LogP) is 4.50. The lowest BCUT2D eigenvalue weighted by Gasteiger charge is -2.34. The summed E-state index contributed by atoms with van der Waals surface area (Å²) < 4.78 is 20.8. The van der Waals surface area contributed by atoms with Gasteiger partial charge in [0.1, 0.15) is 5.67 Å². The van der Waals surface area contributed by atoms with E-state index in [9.17, 15) is 4.39 Å². The highest BCUT2D eigenvalue weighted by molar-refractivity contribution is 5.03. The van der Waals surface area contributed by atoms with Crippen molar-refractivity contribution in [1.29, 1.82) is 0 Å². The second-order valence-electron chi connectivity index (χ2n) is 6.54. The molecule has 0 aromatic rings. The summed E-state index contributed by atoms with van der Waals surface area (Å²) >= 11 is 0. The standard InChI is InChI=1S/C14H27FO/c1-7-11-9-13(6,16-12(3,4)5)10-14(11,15)8-2/h11H,7-10H2,1-6H3. The van der Waals surface area contributed by atoms with E-state index in [0.717, 1.165) is 12.8 Å². The van der Waals surface area contributed by atoms with Crippen LogP contribution in [0.25, 0.3) is 0 Å². The van der Waals surface area contributed by atoms with Gasteiger partial charge in [0.15, 0.2) is 0 Å². The summed E-state index contributed by atoms with van der Waals surface area (Å²) in [7, 11) is 0. The molecule has 0 saturated heterocycles. The smallest absolute Gasteiger partial charge is 0.116 e. The van der Waals surface area contributed by atoms with Gasteiger partial charge in [0.2, 0.25) is 0 Å². The van der Waals surface area contributed by atoms with E-state index in [1.165, 1.54) is 0 Å². The number of rotatable bonds is 3. The average molecular weight is 230 g/mol. The largest absolute Gasteiger partial charge is 0.370 e. The van der Waals surface area contributed by atoms with Crippen LogP contribution >= 0.6 is 0 Å². The van der Waals surface area contributed by atoms with E-state index in [1.54, 1.807) is 0 Å². The molecule has 1 rings (SSSR count). The zero-order valence-electron chi connectivity index (χ0n) is 11.7. The Hall–Kier alpha value is -0.110. The highest BCUT2D eigenvalue weighted by Crippen LogP contribution is 2.50. The molecule has 0 spiro atoms. The van der Waals surface area contributed by atoms with Crippen molar-refractivity contribution in [2.24, 2.45) is 5.92 Å². The van der Waals surface area contributed by atoms with Gasteiger partial charge in [-0.25, -0.2) is 4.39 Å². The summed E-state index contributed by atoms with van der Waals surface area (Å²) in [6.45, 7) is 12.2. The van der Waals surface area contributed by atoms with Gasteiger partial charge >= 0.3 is 0 Å². The molecule has 0 aliphatic heterocycles. The van der Waals surface area contributed by atoms with E-state index in [0.29, 0.717) is 12.8 Å². The molecular weight excluding hydrogens is 203 g/mol. The molecule has 0 aromatic heterocycles. The Balaban J connectivity index is 2.81. The Labute approximate surface area is 99.8 Å². The van der Waals surface area contributed by atoms with Crippen molar-refractivity contribution in [2.45, 2.75) is 84.1 Å². The summed E-state index contributed by atoms with van der Waals surface area (Å²) in [5.41, 5.74) is -1.50. The molecule has 0 amide bonds. The van der Waals surface area contributed by atoms with Crippen LogP contribution in [0.1, 0.15) is 67.2 Å². The normalized spacial score (nSPS) is 40.3. The molecular formula is C14H27FO. The first-order chi connectivity index (χ1) is 7.14. The topological polar surface area (TPSA) is 9.23 Å². The molecule has 1 nitrogen and oxygen atoms in total. The van der Waals surface area contributed by atoms with Gasteiger partial charge < -0.3 is 4.74 Å². The van der Waals surface area contributed by atoms with Crippen molar-refractivity contribution in [2.75, 3.05) is 0 Å². The summed E-state index contributed by atoms with van der Waals surface area (Å²) in [4.78, 5) is 0. The van der Waals surface area contributed by atoms with Crippen molar-refractivity contribution in [3.63, 3.8) is 0 Å². The van der Waals surface area contributed by atoms with E-state index in [4.69, 9.17) is 4.74 Å². The summed E-state index contributed by atoms with van der Waals surface area (Å²) in [5, 5.41) is 0. The van der Waals surface area contributed by atoms with E-state index in [1.807, 2.05) is 27.7 Å². The highest BCUT2D eigenvalue weighted by atomic mass is 19.1. The average Bonchev–Trinajstić information content (AvgIpc) is 2.35. The van der Waals surface area contributed by atoms with Crippen LogP contribution in [0, 0.1) is 5.92 Å². The number of halogens is 1. The molecule has 2 heteroatoms. The zero-order valence-corrected chi connectivity index (χ0v) is 11.7. The molecule has 3 unspecified atom stereocenters. The van der Waals surface area contributed by atoms with Gasteiger partial charge in [-0.3, -0.25) is 0 Å². The van der Waals surface area contributed by atoms with E-state index >= 15 is 0 Å². The van der Waals surface area contributed by atoms with Gasteiger partial charge in [0, 0.05) is 6.42 Å². The third kappa shape index (κ3) is 2.97. The van der Waals surface area contributed by atoms with Crippen LogP contribution in [-0.4, -0.2) is 16.9 Å². The summed E-state index contributed by atoms with van der Waals surface area (Å²) in [6, 6.07) is 0. The second-order valence-corrected chi connectivity index (χ2v) is 6.54. The third-order valence-corrected chi connectivity index (χ3v) is 3.71. The minimum atomic E-state index is -1.02. The van der Waals surface area contributed by atoms with E-state index in [-0.39, 0.29) is 17.1 Å². The molecule has 0 N–H and O–H groups in total. The minimum absolute atomic E-state index is 0.157. The molecule has 0 heterocycles. The molecule has 1 saturated carbocycles. The van der Waals surface area contributed by atoms with Crippen LogP contribution in [-0.2, 0) is 4.74 Å². The third-order valence-electron chi connectivity index (χ3n) is 3.71. The maximum atomic E-state index is 14.7. The monoisotopic (exact) mass is 230 g/mol. The molecule has 1 fully saturated rings. The lowest BCUT2D eigenvalue weighted by molar-refractivity contribution is -0.124. The molecule has 0 bridgehead atoms. The van der Waals surface area contributed by atoms with Gasteiger partial charge in [-0.05, 0) is 46.5 Å². The van der Waals surface area contributed by atoms with E-state index in [2.05, 4.69) is 13.8 Å². The van der Waals surface area contributed by atoms with Crippen molar-refractivity contribution in [3.05, 3.63) is 0 Å². The molecule has 1 aliphatic rings. The van der Waals surface area contributed by atoms with Gasteiger partial charge in [-0.15, -0.1) is 0 Å². The maximum absolute atomic E-state index is 14.7. The Morgan fingerprint density at radius 2 is 1.88 bits per heavy atom. The minimum Gasteiger partial charge on any atom is -0.370 e. The lowest BCUT2D eigenvalue weighted by Crippen LogP contribution is -2.36. The fraction of sp³-hybridized carbons (Fsp3) is 1.00. The molecule has 0 radical (unpaired) electrons. The SMILES string of the molecule is CCC1CC(C)(OC(C)(C)C)CC1(F)CC. The summed E-state index contributed by atoms with van der Waals surface area (Å²) in [6.07, 6.45) is 2.92. The maximum Gasteiger partial charge on any atom is 0.116 e. The number of alkyl halides is 1. The van der Waals surface area contributed by atoms with Crippen molar-refractivity contribution in [3.8, 4) is 0 Å². The Bertz CT molecular complexity index is 246. The molecule has 96 valence electrons. The van der Waals surface area contributed by atoms with Gasteiger partial charge in [0.25, 0.3) is 0 Å².